The highest BCUT2D eigenvalue weighted by atomic mass is 19.1. The molecule has 1 aromatic carbocycles. The van der Waals surface area contributed by atoms with Gasteiger partial charge in [0.25, 0.3) is 0 Å². The maximum absolute atomic E-state index is 13.4. The van der Waals surface area contributed by atoms with Gasteiger partial charge in [-0.15, -0.1) is 0 Å². The molecule has 0 heterocycles. The molecule has 0 aliphatic heterocycles. The molecule has 0 spiro atoms. The number of aliphatic hydroxyl groups is 1. The fourth-order valence-corrected chi connectivity index (χ4v) is 4.37. The number of hydrogen-bond acceptors (Lipinski definition) is 2. The summed E-state index contributed by atoms with van der Waals surface area (Å²) in [4.78, 5) is 0. The van der Waals surface area contributed by atoms with Gasteiger partial charge in [0, 0.05) is 12.0 Å². The van der Waals surface area contributed by atoms with Crippen LogP contribution in [0.1, 0.15) is 56.1 Å². The molecule has 0 aromatic heterocycles. The first-order chi connectivity index (χ1) is 9.61. The average molecular weight is 277 g/mol. The van der Waals surface area contributed by atoms with Crippen molar-refractivity contribution in [1.82, 2.24) is 0 Å². The summed E-state index contributed by atoms with van der Waals surface area (Å²) in [5.41, 5.74) is 6.92. The predicted octanol–water partition coefficient (Wildman–Crippen LogP) is 3.26. The number of fused-ring (bicyclic) bond motifs is 1. The largest absolute Gasteiger partial charge is 0.385 e. The van der Waals surface area contributed by atoms with Crippen molar-refractivity contribution in [2.75, 3.05) is 6.54 Å². The van der Waals surface area contributed by atoms with Crippen molar-refractivity contribution in [1.29, 1.82) is 0 Å². The minimum Gasteiger partial charge on any atom is -0.385 e. The highest BCUT2D eigenvalue weighted by Crippen LogP contribution is 2.54. The molecule has 0 saturated heterocycles. The van der Waals surface area contributed by atoms with Gasteiger partial charge >= 0.3 is 0 Å². The predicted molar refractivity (Wildman–Crippen MR) is 77.8 cm³/mol. The van der Waals surface area contributed by atoms with E-state index in [1.807, 2.05) is 0 Å². The number of benzene rings is 1. The van der Waals surface area contributed by atoms with Crippen LogP contribution in [0.15, 0.2) is 18.2 Å². The molecule has 110 valence electrons. The van der Waals surface area contributed by atoms with E-state index in [4.69, 9.17) is 5.73 Å². The summed E-state index contributed by atoms with van der Waals surface area (Å²) in [6, 6.07) is 4.82. The molecule has 0 radical (unpaired) electrons. The van der Waals surface area contributed by atoms with E-state index in [1.54, 1.807) is 12.1 Å². The second-order valence-corrected chi connectivity index (χ2v) is 6.56. The Hall–Kier alpha value is -0.930. The number of aryl methyl sites for hydroxylation is 1. The van der Waals surface area contributed by atoms with Crippen LogP contribution in [0, 0.1) is 11.2 Å². The Kier molecular flexibility index (Phi) is 3.59. The van der Waals surface area contributed by atoms with E-state index >= 15 is 0 Å². The fraction of sp³-hybridized carbons (Fsp3) is 0.647. The third kappa shape index (κ3) is 1.99. The van der Waals surface area contributed by atoms with Gasteiger partial charge < -0.3 is 10.8 Å². The van der Waals surface area contributed by atoms with Crippen molar-refractivity contribution in [2.24, 2.45) is 11.1 Å². The molecule has 3 heteroatoms. The van der Waals surface area contributed by atoms with E-state index < -0.39 is 5.60 Å². The van der Waals surface area contributed by atoms with E-state index in [0.29, 0.717) is 13.0 Å². The van der Waals surface area contributed by atoms with Crippen LogP contribution in [0.3, 0.4) is 0 Å². The second kappa shape index (κ2) is 5.12. The van der Waals surface area contributed by atoms with Crippen molar-refractivity contribution in [3.63, 3.8) is 0 Å². The van der Waals surface area contributed by atoms with Crippen molar-refractivity contribution in [3.05, 3.63) is 35.1 Å². The Balaban J connectivity index is 2.04. The van der Waals surface area contributed by atoms with E-state index in [1.165, 1.54) is 18.9 Å². The Morgan fingerprint density at radius 2 is 1.80 bits per heavy atom. The zero-order chi connectivity index (χ0) is 14.2. The molecule has 1 saturated carbocycles. The van der Waals surface area contributed by atoms with Crippen LogP contribution in [-0.2, 0) is 12.0 Å². The summed E-state index contributed by atoms with van der Waals surface area (Å²) in [5.74, 6) is -0.212. The third-order valence-electron chi connectivity index (χ3n) is 5.60. The summed E-state index contributed by atoms with van der Waals surface area (Å²) in [6.07, 6.45) is 8.14. The van der Waals surface area contributed by atoms with Crippen molar-refractivity contribution >= 4 is 0 Å². The van der Waals surface area contributed by atoms with Crippen LogP contribution >= 0.6 is 0 Å². The zero-order valence-electron chi connectivity index (χ0n) is 12.0. The van der Waals surface area contributed by atoms with Crippen molar-refractivity contribution in [2.45, 2.75) is 57.0 Å². The molecule has 3 N–H and O–H groups in total. The lowest BCUT2D eigenvalue weighted by Gasteiger charge is -2.45. The zero-order valence-corrected chi connectivity index (χ0v) is 12.0. The van der Waals surface area contributed by atoms with Gasteiger partial charge in [0.05, 0.1) is 5.60 Å². The minimum atomic E-state index is -0.866. The third-order valence-corrected chi connectivity index (χ3v) is 5.60. The number of hydrogen-bond donors (Lipinski definition) is 2. The van der Waals surface area contributed by atoms with Gasteiger partial charge in [-0.05, 0) is 48.9 Å². The van der Waals surface area contributed by atoms with Gasteiger partial charge in [0.15, 0.2) is 0 Å². The van der Waals surface area contributed by atoms with Gasteiger partial charge in [-0.1, -0.05) is 31.7 Å². The van der Waals surface area contributed by atoms with Gasteiger partial charge in [-0.3, -0.25) is 0 Å². The summed E-state index contributed by atoms with van der Waals surface area (Å²) in [6.45, 7) is 0.514. The monoisotopic (exact) mass is 277 g/mol. The second-order valence-electron chi connectivity index (χ2n) is 6.56. The molecule has 2 nitrogen and oxygen atoms in total. The molecular formula is C17H24FNO. The van der Waals surface area contributed by atoms with Gasteiger partial charge in [0.1, 0.15) is 5.82 Å². The summed E-state index contributed by atoms with van der Waals surface area (Å²) in [7, 11) is 0. The molecule has 3 rings (SSSR count). The van der Waals surface area contributed by atoms with E-state index in [-0.39, 0.29) is 11.2 Å². The smallest absolute Gasteiger partial charge is 0.123 e. The van der Waals surface area contributed by atoms with Crippen LogP contribution in [0.4, 0.5) is 4.39 Å². The quantitative estimate of drug-likeness (QED) is 0.815. The van der Waals surface area contributed by atoms with E-state index in [9.17, 15) is 9.50 Å². The van der Waals surface area contributed by atoms with E-state index in [2.05, 4.69) is 0 Å². The SMILES string of the molecule is NCC1(C2(O)CCc3cc(F)ccc32)CCCCCC1. The fourth-order valence-electron chi connectivity index (χ4n) is 4.37. The van der Waals surface area contributed by atoms with Crippen LogP contribution in [-0.4, -0.2) is 11.7 Å². The first-order valence-electron chi connectivity index (χ1n) is 7.83. The standard InChI is InChI=1S/C17H24FNO/c18-14-5-6-15-13(11-14)7-10-17(15,20)16(12-19)8-3-1-2-4-9-16/h5-6,11,20H,1-4,7-10,12,19H2. The van der Waals surface area contributed by atoms with Crippen LogP contribution < -0.4 is 5.73 Å². The average Bonchev–Trinajstić information content (AvgIpc) is 2.66. The van der Waals surface area contributed by atoms with Gasteiger partial charge in [0.2, 0.25) is 0 Å². The maximum Gasteiger partial charge on any atom is 0.123 e. The minimum absolute atomic E-state index is 0.212. The molecule has 1 unspecified atom stereocenters. The molecule has 20 heavy (non-hydrogen) atoms. The summed E-state index contributed by atoms with van der Waals surface area (Å²) in [5, 5.41) is 11.4. The highest BCUT2D eigenvalue weighted by molar-refractivity contribution is 5.39. The van der Waals surface area contributed by atoms with Crippen LogP contribution in [0.2, 0.25) is 0 Å². The topological polar surface area (TPSA) is 46.2 Å². The molecule has 1 fully saturated rings. The molecule has 1 aromatic rings. The normalized spacial score (nSPS) is 28.9. The lowest BCUT2D eigenvalue weighted by atomic mass is 9.64. The molecule has 0 bridgehead atoms. The summed E-state index contributed by atoms with van der Waals surface area (Å²) >= 11 is 0. The lowest BCUT2D eigenvalue weighted by molar-refractivity contribution is -0.0949. The van der Waals surface area contributed by atoms with E-state index in [0.717, 1.165) is 43.2 Å². The maximum atomic E-state index is 13.4. The number of halogens is 1. The first-order valence-corrected chi connectivity index (χ1v) is 7.83. The molecule has 0 amide bonds. The molecule has 1 atom stereocenters. The van der Waals surface area contributed by atoms with Crippen molar-refractivity contribution in [3.8, 4) is 0 Å². The molecular weight excluding hydrogens is 253 g/mol. The highest BCUT2D eigenvalue weighted by Gasteiger charge is 2.52. The van der Waals surface area contributed by atoms with Crippen molar-refractivity contribution < 1.29 is 9.50 Å². The van der Waals surface area contributed by atoms with Crippen LogP contribution in [0.25, 0.3) is 0 Å². The summed E-state index contributed by atoms with van der Waals surface area (Å²) < 4.78 is 13.4. The molecule has 2 aliphatic rings. The first kappa shape index (κ1) is 14.0. The van der Waals surface area contributed by atoms with Gasteiger partial charge in [-0.25, -0.2) is 4.39 Å². The molecule has 2 aliphatic carbocycles. The number of rotatable bonds is 2. The Labute approximate surface area is 120 Å². The lowest BCUT2D eigenvalue weighted by Crippen LogP contribution is -2.49. The Bertz CT molecular complexity index is 494. The van der Waals surface area contributed by atoms with Gasteiger partial charge in [-0.2, -0.15) is 0 Å². The Morgan fingerprint density at radius 1 is 1.10 bits per heavy atom. The Morgan fingerprint density at radius 3 is 2.45 bits per heavy atom. The number of nitrogens with two attached hydrogens (primary N) is 1. The van der Waals surface area contributed by atoms with Crippen LogP contribution in [0.5, 0.6) is 0 Å².